The predicted octanol–water partition coefficient (Wildman–Crippen LogP) is 1.95. The number of aromatic nitrogens is 2. The van der Waals surface area contributed by atoms with Crippen LogP contribution in [0.4, 0.5) is 0 Å². The van der Waals surface area contributed by atoms with E-state index in [1.54, 1.807) is 0 Å². The Morgan fingerprint density at radius 1 is 1.62 bits per heavy atom. The maximum Gasteiger partial charge on any atom is 0.339 e. The molecule has 0 spiro atoms. The summed E-state index contributed by atoms with van der Waals surface area (Å²) in [6, 6.07) is 0. The molecule has 0 amide bonds. The molecule has 0 aliphatic carbocycles. The second-order valence-corrected chi connectivity index (χ2v) is 3.28. The standard InChI is InChI=1S/C8H9ClN2O2/c1-4(2)5-3-10-11-7(9)6(5)8(12)13/h3-4H,1-2H3,(H,12,13). The molecule has 70 valence electrons. The summed E-state index contributed by atoms with van der Waals surface area (Å²) in [7, 11) is 0. The van der Waals surface area contributed by atoms with E-state index in [4.69, 9.17) is 16.7 Å². The van der Waals surface area contributed by atoms with Crippen molar-refractivity contribution in [2.24, 2.45) is 0 Å². The first-order chi connectivity index (χ1) is 6.04. The van der Waals surface area contributed by atoms with Crippen molar-refractivity contribution in [1.82, 2.24) is 10.2 Å². The molecule has 0 bridgehead atoms. The Morgan fingerprint density at radius 3 is 2.62 bits per heavy atom. The lowest BCUT2D eigenvalue weighted by Gasteiger charge is -2.08. The maximum atomic E-state index is 10.8. The number of aromatic carboxylic acids is 1. The highest BCUT2D eigenvalue weighted by molar-refractivity contribution is 6.32. The van der Waals surface area contributed by atoms with Gasteiger partial charge in [-0.15, -0.1) is 5.10 Å². The van der Waals surface area contributed by atoms with Gasteiger partial charge in [-0.3, -0.25) is 0 Å². The molecule has 0 aliphatic rings. The van der Waals surface area contributed by atoms with Gasteiger partial charge in [0.1, 0.15) is 5.56 Å². The normalized spacial score (nSPS) is 10.5. The molecule has 1 rings (SSSR count). The largest absolute Gasteiger partial charge is 0.478 e. The average molecular weight is 201 g/mol. The second-order valence-electron chi connectivity index (χ2n) is 2.93. The first kappa shape index (κ1) is 9.92. The molecule has 1 aromatic rings. The van der Waals surface area contributed by atoms with E-state index in [0.29, 0.717) is 5.56 Å². The molecule has 0 aliphatic heterocycles. The second kappa shape index (κ2) is 3.70. The van der Waals surface area contributed by atoms with Crippen molar-refractivity contribution in [3.05, 3.63) is 22.5 Å². The number of nitrogens with zero attached hydrogens (tertiary/aromatic N) is 2. The van der Waals surface area contributed by atoms with Gasteiger partial charge in [0.25, 0.3) is 0 Å². The lowest BCUT2D eigenvalue weighted by atomic mass is 10.0. The Morgan fingerprint density at radius 2 is 2.23 bits per heavy atom. The van der Waals surface area contributed by atoms with Gasteiger partial charge in [-0.05, 0) is 11.5 Å². The van der Waals surface area contributed by atoms with E-state index in [1.165, 1.54) is 6.20 Å². The van der Waals surface area contributed by atoms with Crippen LogP contribution in [0.2, 0.25) is 5.15 Å². The van der Waals surface area contributed by atoms with Crippen LogP contribution in [-0.2, 0) is 0 Å². The van der Waals surface area contributed by atoms with Crippen molar-refractivity contribution in [3.63, 3.8) is 0 Å². The summed E-state index contributed by atoms with van der Waals surface area (Å²) in [6.07, 6.45) is 1.43. The summed E-state index contributed by atoms with van der Waals surface area (Å²) in [5.41, 5.74) is 0.652. The van der Waals surface area contributed by atoms with E-state index in [2.05, 4.69) is 10.2 Å². The van der Waals surface area contributed by atoms with E-state index >= 15 is 0 Å². The zero-order valence-corrected chi connectivity index (χ0v) is 8.04. The van der Waals surface area contributed by atoms with Gasteiger partial charge in [0.2, 0.25) is 0 Å². The first-order valence-electron chi connectivity index (χ1n) is 3.78. The van der Waals surface area contributed by atoms with Gasteiger partial charge in [-0.25, -0.2) is 4.79 Å². The monoisotopic (exact) mass is 200 g/mol. The average Bonchev–Trinajstić information content (AvgIpc) is 2.02. The van der Waals surface area contributed by atoms with Gasteiger partial charge in [-0.1, -0.05) is 25.4 Å². The van der Waals surface area contributed by atoms with E-state index in [-0.39, 0.29) is 16.6 Å². The van der Waals surface area contributed by atoms with Crippen LogP contribution in [0, 0.1) is 0 Å². The van der Waals surface area contributed by atoms with Crippen molar-refractivity contribution in [1.29, 1.82) is 0 Å². The SMILES string of the molecule is CC(C)c1cnnc(Cl)c1C(=O)O. The molecule has 0 radical (unpaired) electrons. The fourth-order valence-corrected chi connectivity index (χ4v) is 1.26. The highest BCUT2D eigenvalue weighted by Gasteiger charge is 2.17. The quantitative estimate of drug-likeness (QED) is 0.793. The number of rotatable bonds is 2. The number of carboxylic acids is 1. The highest BCUT2D eigenvalue weighted by Crippen LogP contribution is 2.22. The van der Waals surface area contributed by atoms with E-state index < -0.39 is 5.97 Å². The van der Waals surface area contributed by atoms with Crippen molar-refractivity contribution < 1.29 is 9.90 Å². The molecular formula is C8H9ClN2O2. The zero-order chi connectivity index (χ0) is 10.0. The van der Waals surface area contributed by atoms with Crippen LogP contribution in [0.3, 0.4) is 0 Å². The highest BCUT2D eigenvalue weighted by atomic mass is 35.5. The van der Waals surface area contributed by atoms with Crippen LogP contribution >= 0.6 is 11.6 Å². The number of carbonyl (C=O) groups is 1. The molecule has 1 N–H and O–H groups in total. The minimum Gasteiger partial charge on any atom is -0.478 e. The van der Waals surface area contributed by atoms with Gasteiger partial charge in [0.15, 0.2) is 5.15 Å². The molecule has 1 heterocycles. The summed E-state index contributed by atoms with van der Waals surface area (Å²) in [5.74, 6) is -0.998. The van der Waals surface area contributed by atoms with Gasteiger partial charge < -0.3 is 5.11 Å². The van der Waals surface area contributed by atoms with Crippen molar-refractivity contribution in [3.8, 4) is 0 Å². The Hall–Kier alpha value is -1.16. The molecule has 13 heavy (non-hydrogen) atoms. The lowest BCUT2D eigenvalue weighted by Crippen LogP contribution is -2.07. The van der Waals surface area contributed by atoms with Crippen LogP contribution < -0.4 is 0 Å². The molecule has 0 atom stereocenters. The Bertz CT molecular complexity index is 339. The smallest absolute Gasteiger partial charge is 0.339 e. The fraction of sp³-hybridized carbons (Fsp3) is 0.375. The Labute approximate surface area is 80.6 Å². The first-order valence-corrected chi connectivity index (χ1v) is 4.16. The lowest BCUT2D eigenvalue weighted by molar-refractivity contribution is 0.0694. The molecule has 0 aromatic carbocycles. The number of hydrogen-bond donors (Lipinski definition) is 1. The summed E-state index contributed by atoms with van der Waals surface area (Å²) >= 11 is 5.61. The van der Waals surface area contributed by atoms with Gasteiger partial charge in [0.05, 0.1) is 6.20 Å². The van der Waals surface area contributed by atoms with Crippen LogP contribution in [0.1, 0.15) is 35.7 Å². The number of halogens is 1. The minimum atomic E-state index is -1.07. The van der Waals surface area contributed by atoms with E-state index in [9.17, 15) is 4.79 Å². The van der Waals surface area contributed by atoms with Crippen LogP contribution in [-0.4, -0.2) is 21.3 Å². The molecule has 1 aromatic heterocycles. The molecule has 0 unspecified atom stereocenters. The van der Waals surface area contributed by atoms with Gasteiger partial charge in [0, 0.05) is 0 Å². The summed E-state index contributed by atoms with van der Waals surface area (Å²) in [6.45, 7) is 3.75. The predicted molar refractivity (Wildman–Crippen MR) is 48.1 cm³/mol. The number of hydrogen-bond acceptors (Lipinski definition) is 3. The fourth-order valence-electron chi connectivity index (χ4n) is 1.02. The third kappa shape index (κ3) is 1.95. The summed E-state index contributed by atoms with van der Waals surface area (Å²) < 4.78 is 0. The summed E-state index contributed by atoms with van der Waals surface area (Å²) in [4.78, 5) is 10.8. The van der Waals surface area contributed by atoms with Crippen LogP contribution in [0.15, 0.2) is 6.20 Å². The van der Waals surface area contributed by atoms with Crippen LogP contribution in [0.5, 0.6) is 0 Å². The molecular weight excluding hydrogens is 192 g/mol. The van der Waals surface area contributed by atoms with E-state index in [0.717, 1.165) is 0 Å². The van der Waals surface area contributed by atoms with E-state index in [1.807, 2.05) is 13.8 Å². The van der Waals surface area contributed by atoms with Crippen molar-refractivity contribution >= 4 is 17.6 Å². The topological polar surface area (TPSA) is 63.1 Å². The molecule has 5 heteroatoms. The zero-order valence-electron chi connectivity index (χ0n) is 7.28. The third-order valence-electron chi connectivity index (χ3n) is 1.67. The molecule has 0 fully saturated rings. The van der Waals surface area contributed by atoms with Crippen LogP contribution in [0.25, 0.3) is 0 Å². The Balaban J connectivity index is 3.34. The van der Waals surface area contributed by atoms with Gasteiger partial charge >= 0.3 is 5.97 Å². The molecule has 4 nitrogen and oxygen atoms in total. The molecule has 0 saturated carbocycles. The number of carboxylic acid groups (broad SMARTS) is 1. The van der Waals surface area contributed by atoms with Gasteiger partial charge in [-0.2, -0.15) is 5.10 Å². The molecule has 0 saturated heterocycles. The minimum absolute atomic E-state index is 0.0478. The van der Waals surface area contributed by atoms with Crippen molar-refractivity contribution in [2.45, 2.75) is 19.8 Å². The maximum absolute atomic E-state index is 10.8. The summed E-state index contributed by atoms with van der Waals surface area (Å²) in [5, 5.41) is 15.9. The van der Waals surface area contributed by atoms with Crippen molar-refractivity contribution in [2.75, 3.05) is 0 Å². The Kier molecular flexibility index (Phi) is 2.83. The third-order valence-corrected chi connectivity index (χ3v) is 1.94.